The van der Waals surface area contributed by atoms with Crippen LogP contribution in [0.3, 0.4) is 0 Å². The fourth-order valence-electron chi connectivity index (χ4n) is 2.42. The highest BCUT2D eigenvalue weighted by atomic mass is 16.1. The van der Waals surface area contributed by atoms with Crippen LogP contribution in [0.25, 0.3) is 0 Å². The van der Waals surface area contributed by atoms with Crippen molar-refractivity contribution < 1.29 is 4.79 Å². The van der Waals surface area contributed by atoms with Gasteiger partial charge in [0.2, 0.25) is 17.8 Å². The second-order valence-electron chi connectivity index (χ2n) is 6.23. The van der Waals surface area contributed by atoms with Gasteiger partial charge in [-0.2, -0.15) is 15.0 Å². The quantitative estimate of drug-likeness (QED) is 0.827. The van der Waals surface area contributed by atoms with Gasteiger partial charge in [-0.15, -0.1) is 0 Å². The number of carbonyl (C=O) groups excluding carboxylic acids is 1. The van der Waals surface area contributed by atoms with E-state index in [1.165, 1.54) is 0 Å². The first kappa shape index (κ1) is 18.6. The fourth-order valence-corrected chi connectivity index (χ4v) is 2.42. The van der Waals surface area contributed by atoms with Crippen LogP contribution < -0.4 is 15.1 Å². The van der Waals surface area contributed by atoms with Gasteiger partial charge < -0.3 is 15.1 Å². The van der Waals surface area contributed by atoms with Gasteiger partial charge in [-0.3, -0.25) is 4.79 Å². The molecule has 0 radical (unpaired) electrons. The van der Waals surface area contributed by atoms with E-state index in [-0.39, 0.29) is 18.4 Å². The van der Waals surface area contributed by atoms with E-state index in [1.807, 2.05) is 75.2 Å². The summed E-state index contributed by atoms with van der Waals surface area (Å²) in [6.07, 6.45) is 0.735. The summed E-state index contributed by atoms with van der Waals surface area (Å²) in [6, 6.07) is 9.80. The van der Waals surface area contributed by atoms with Gasteiger partial charge in [0.25, 0.3) is 0 Å². The maximum atomic E-state index is 12.6. The van der Waals surface area contributed by atoms with Gasteiger partial charge in [0.15, 0.2) is 5.82 Å². The van der Waals surface area contributed by atoms with Gasteiger partial charge in [-0.25, -0.2) is 0 Å². The lowest BCUT2D eigenvalue weighted by Gasteiger charge is -2.18. The van der Waals surface area contributed by atoms with Crippen LogP contribution in [0.1, 0.15) is 30.7 Å². The van der Waals surface area contributed by atoms with Gasteiger partial charge >= 0.3 is 0 Å². The standard InChI is InChI=1S/C18H26N6O/c1-6-14(13-10-8-7-9-11-13)16(25)19-12-15-20-17(23(2)3)22-18(21-15)24(4)5/h7-11,14H,6,12H2,1-5H3,(H,19,25)/t14-/m0/s1. The highest BCUT2D eigenvalue weighted by Gasteiger charge is 2.19. The average Bonchev–Trinajstić information content (AvgIpc) is 2.61. The number of hydrogen-bond acceptors (Lipinski definition) is 6. The second-order valence-corrected chi connectivity index (χ2v) is 6.23. The third-order valence-corrected chi connectivity index (χ3v) is 3.81. The Labute approximate surface area is 149 Å². The van der Waals surface area contributed by atoms with Crippen LogP contribution in [0.4, 0.5) is 11.9 Å². The van der Waals surface area contributed by atoms with Gasteiger partial charge in [0.1, 0.15) is 0 Å². The van der Waals surface area contributed by atoms with E-state index in [4.69, 9.17) is 0 Å². The molecular weight excluding hydrogens is 316 g/mol. The van der Waals surface area contributed by atoms with Gasteiger partial charge in [-0.1, -0.05) is 37.3 Å². The van der Waals surface area contributed by atoms with Crippen molar-refractivity contribution in [3.8, 4) is 0 Å². The number of carbonyl (C=O) groups is 1. The summed E-state index contributed by atoms with van der Waals surface area (Å²) in [5.74, 6) is 1.48. The molecule has 7 heteroatoms. The number of nitrogens with zero attached hydrogens (tertiary/aromatic N) is 5. The minimum atomic E-state index is -0.176. The molecule has 0 saturated carbocycles. The first-order valence-electron chi connectivity index (χ1n) is 8.34. The van der Waals surface area contributed by atoms with Crippen LogP contribution in [0.15, 0.2) is 30.3 Å². The Balaban J connectivity index is 2.13. The van der Waals surface area contributed by atoms with Crippen molar-refractivity contribution in [2.45, 2.75) is 25.8 Å². The van der Waals surface area contributed by atoms with Crippen molar-refractivity contribution >= 4 is 17.8 Å². The lowest BCUT2D eigenvalue weighted by Crippen LogP contribution is -2.30. The highest BCUT2D eigenvalue weighted by molar-refractivity contribution is 5.83. The van der Waals surface area contributed by atoms with E-state index in [1.54, 1.807) is 0 Å². The minimum Gasteiger partial charge on any atom is -0.348 e. The van der Waals surface area contributed by atoms with Gasteiger partial charge in [0.05, 0.1) is 12.5 Å². The van der Waals surface area contributed by atoms with Crippen molar-refractivity contribution in [1.29, 1.82) is 0 Å². The zero-order valence-corrected chi connectivity index (χ0v) is 15.5. The maximum absolute atomic E-state index is 12.6. The van der Waals surface area contributed by atoms with Crippen LogP contribution >= 0.6 is 0 Å². The predicted octanol–water partition coefficient (Wildman–Crippen LogP) is 1.81. The average molecular weight is 342 g/mol. The summed E-state index contributed by atoms with van der Waals surface area (Å²) in [6.45, 7) is 2.28. The van der Waals surface area contributed by atoms with Gasteiger partial charge in [-0.05, 0) is 12.0 Å². The molecule has 1 heterocycles. The summed E-state index contributed by atoms with van der Waals surface area (Å²) >= 11 is 0. The van der Waals surface area contributed by atoms with Crippen LogP contribution in [0.2, 0.25) is 0 Å². The Bertz CT molecular complexity index is 676. The molecular formula is C18H26N6O. The predicted molar refractivity (Wildman–Crippen MR) is 99.8 cm³/mol. The number of nitrogens with one attached hydrogen (secondary N) is 1. The lowest BCUT2D eigenvalue weighted by molar-refractivity contribution is -0.122. The lowest BCUT2D eigenvalue weighted by atomic mass is 9.96. The summed E-state index contributed by atoms with van der Waals surface area (Å²) in [5, 5.41) is 2.95. The summed E-state index contributed by atoms with van der Waals surface area (Å²) in [4.78, 5) is 29.4. The first-order chi connectivity index (χ1) is 11.9. The fraction of sp³-hybridized carbons (Fsp3) is 0.444. The second kappa shape index (κ2) is 8.41. The molecule has 134 valence electrons. The third kappa shape index (κ3) is 4.89. The molecule has 0 aliphatic rings. The molecule has 0 saturated heterocycles. The van der Waals surface area contributed by atoms with Crippen molar-refractivity contribution in [2.24, 2.45) is 0 Å². The minimum absolute atomic E-state index is 0.0214. The zero-order valence-electron chi connectivity index (χ0n) is 15.5. The zero-order chi connectivity index (χ0) is 18.4. The maximum Gasteiger partial charge on any atom is 0.229 e. The summed E-state index contributed by atoms with van der Waals surface area (Å²) in [5.41, 5.74) is 1.01. The first-order valence-corrected chi connectivity index (χ1v) is 8.34. The van der Waals surface area contributed by atoms with Crippen molar-refractivity contribution in [3.05, 3.63) is 41.7 Å². The number of amides is 1. The number of rotatable bonds is 7. The Morgan fingerprint density at radius 2 is 1.56 bits per heavy atom. The van der Waals surface area contributed by atoms with Crippen LogP contribution in [-0.4, -0.2) is 49.0 Å². The molecule has 2 rings (SSSR count). The third-order valence-electron chi connectivity index (χ3n) is 3.81. The smallest absolute Gasteiger partial charge is 0.229 e. The monoisotopic (exact) mass is 342 g/mol. The van der Waals surface area contributed by atoms with Crippen LogP contribution in [0, 0.1) is 0 Å². The highest BCUT2D eigenvalue weighted by Crippen LogP contribution is 2.19. The Kier molecular flexibility index (Phi) is 6.27. The van der Waals surface area contributed by atoms with Crippen LogP contribution in [-0.2, 0) is 11.3 Å². The molecule has 1 amide bonds. The Hall–Kier alpha value is -2.70. The molecule has 25 heavy (non-hydrogen) atoms. The molecule has 2 aromatic rings. The van der Waals surface area contributed by atoms with E-state index >= 15 is 0 Å². The SMILES string of the molecule is CC[C@H](C(=O)NCc1nc(N(C)C)nc(N(C)C)n1)c1ccccc1. The Morgan fingerprint density at radius 3 is 2.04 bits per heavy atom. The number of aromatic nitrogens is 3. The number of anilines is 2. The normalized spacial score (nSPS) is 11.7. The van der Waals surface area contributed by atoms with Crippen molar-refractivity contribution in [2.75, 3.05) is 38.0 Å². The molecule has 7 nitrogen and oxygen atoms in total. The molecule has 0 unspecified atom stereocenters. The molecule has 0 fully saturated rings. The molecule has 0 aliphatic carbocycles. The summed E-state index contributed by atoms with van der Waals surface area (Å²) in [7, 11) is 7.50. The largest absolute Gasteiger partial charge is 0.348 e. The Morgan fingerprint density at radius 1 is 1.00 bits per heavy atom. The molecule has 1 aromatic heterocycles. The molecule has 1 N–H and O–H groups in total. The van der Waals surface area contributed by atoms with E-state index in [9.17, 15) is 4.79 Å². The molecule has 0 bridgehead atoms. The van der Waals surface area contributed by atoms with E-state index in [0.717, 1.165) is 12.0 Å². The number of hydrogen-bond donors (Lipinski definition) is 1. The van der Waals surface area contributed by atoms with E-state index in [2.05, 4.69) is 20.3 Å². The molecule has 1 aromatic carbocycles. The molecule has 1 atom stereocenters. The van der Waals surface area contributed by atoms with Crippen LogP contribution in [0.5, 0.6) is 0 Å². The van der Waals surface area contributed by atoms with E-state index < -0.39 is 0 Å². The molecule has 0 aliphatic heterocycles. The topological polar surface area (TPSA) is 74.2 Å². The van der Waals surface area contributed by atoms with Crippen molar-refractivity contribution in [1.82, 2.24) is 20.3 Å². The molecule has 0 spiro atoms. The van der Waals surface area contributed by atoms with Gasteiger partial charge in [0, 0.05) is 28.2 Å². The van der Waals surface area contributed by atoms with E-state index in [0.29, 0.717) is 17.7 Å². The summed E-state index contributed by atoms with van der Waals surface area (Å²) < 4.78 is 0. The number of benzene rings is 1. The van der Waals surface area contributed by atoms with Crippen molar-refractivity contribution in [3.63, 3.8) is 0 Å².